The Kier molecular flexibility index (Phi) is 5.44. The van der Waals surface area contributed by atoms with Gasteiger partial charge in [-0.05, 0) is 29.5 Å². The highest BCUT2D eigenvalue weighted by molar-refractivity contribution is 5.43. The Morgan fingerprint density at radius 1 is 1.06 bits per heavy atom. The molecule has 4 nitrogen and oxygen atoms in total. The molecule has 1 rings (SSSR count). The zero-order valence-corrected chi connectivity index (χ0v) is 11.9. The van der Waals surface area contributed by atoms with Crippen LogP contribution in [0.1, 0.15) is 32.4 Å². The lowest BCUT2D eigenvalue weighted by molar-refractivity contribution is 0.304. The van der Waals surface area contributed by atoms with E-state index in [0.29, 0.717) is 11.8 Å². The average Bonchev–Trinajstić information content (AvgIpc) is 2.39. The quantitative estimate of drug-likeness (QED) is 0.603. The summed E-state index contributed by atoms with van der Waals surface area (Å²) in [6, 6.07) is 6.00. The number of nitrogens with one attached hydrogen (secondary N) is 1. The summed E-state index contributed by atoms with van der Waals surface area (Å²) in [5.41, 5.74) is 4.00. The zero-order chi connectivity index (χ0) is 13.7. The second-order valence-electron chi connectivity index (χ2n) is 4.86. The van der Waals surface area contributed by atoms with Gasteiger partial charge >= 0.3 is 0 Å². The maximum Gasteiger partial charge on any atom is 0.161 e. The Balaban J connectivity index is 3.07. The first-order valence-electron chi connectivity index (χ1n) is 6.23. The molecule has 0 amide bonds. The molecule has 0 saturated heterocycles. The number of methoxy groups -OCH3 is 2. The summed E-state index contributed by atoms with van der Waals surface area (Å²) < 4.78 is 10.6. The molecule has 0 aromatic heterocycles. The van der Waals surface area contributed by atoms with Crippen LogP contribution in [-0.2, 0) is 0 Å². The van der Waals surface area contributed by atoms with Crippen molar-refractivity contribution < 1.29 is 9.47 Å². The van der Waals surface area contributed by atoms with E-state index in [4.69, 9.17) is 15.3 Å². The number of hydrogen-bond acceptors (Lipinski definition) is 4. The van der Waals surface area contributed by atoms with Gasteiger partial charge in [-0.25, -0.2) is 0 Å². The van der Waals surface area contributed by atoms with Crippen molar-refractivity contribution >= 4 is 0 Å². The molecule has 0 fully saturated rings. The van der Waals surface area contributed by atoms with Crippen LogP contribution in [0, 0.1) is 11.8 Å². The normalized spacial score (nSPS) is 14.4. The Morgan fingerprint density at radius 3 is 2.11 bits per heavy atom. The standard InChI is InChI=1S/C14H24N2O2/c1-9(2)10(3)14(16-15)11-6-7-12(17-4)13(8-11)18-5/h6-10,14,16H,15H2,1-5H3. The molecule has 0 aliphatic carbocycles. The van der Waals surface area contributed by atoms with Crippen molar-refractivity contribution in [2.24, 2.45) is 17.7 Å². The van der Waals surface area contributed by atoms with Gasteiger partial charge in [-0.1, -0.05) is 26.8 Å². The molecule has 0 aliphatic heterocycles. The molecule has 2 atom stereocenters. The van der Waals surface area contributed by atoms with Crippen LogP contribution in [0.4, 0.5) is 0 Å². The molecule has 0 spiro atoms. The van der Waals surface area contributed by atoms with E-state index in [1.54, 1.807) is 14.2 Å². The minimum absolute atomic E-state index is 0.102. The van der Waals surface area contributed by atoms with E-state index in [2.05, 4.69) is 26.2 Å². The molecular formula is C14H24N2O2. The fraction of sp³-hybridized carbons (Fsp3) is 0.571. The Labute approximate surface area is 109 Å². The maximum atomic E-state index is 5.68. The minimum atomic E-state index is 0.102. The van der Waals surface area contributed by atoms with Crippen LogP contribution in [0.5, 0.6) is 11.5 Å². The second-order valence-corrected chi connectivity index (χ2v) is 4.86. The van der Waals surface area contributed by atoms with Crippen LogP contribution >= 0.6 is 0 Å². The number of benzene rings is 1. The van der Waals surface area contributed by atoms with Crippen molar-refractivity contribution in [3.05, 3.63) is 23.8 Å². The SMILES string of the molecule is COc1ccc(C(NN)C(C)C(C)C)cc1OC. The van der Waals surface area contributed by atoms with Gasteiger partial charge in [0.15, 0.2) is 11.5 Å². The number of hydrazine groups is 1. The minimum Gasteiger partial charge on any atom is -0.493 e. The van der Waals surface area contributed by atoms with Crippen molar-refractivity contribution in [2.45, 2.75) is 26.8 Å². The van der Waals surface area contributed by atoms with E-state index >= 15 is 0 Å². The van der Waals surface area contributed by atoms with Crippen LogP contribution in [0.15, 0.2) is 18.2 Å². The number of nitrogens with two attached hydrogens (primary N) is 1. The molecule has 102 valence electrons. The highest BCUT2D eigenvalue weighted by Gasteiger charge is 2.22. The molecule has 3 N–H and O–H groups in total. The Hall–Kier alpha value is -1.26. The first kappa shape index (κ1) is 14.8. The van der Waals surface area contributed by atoms with Gasteiger partial charge in [0.25, 0.3) is 0 Å². The topological polar surface area (TPSA) is 56.5 Å². The van der Waals surface area contributed by atoms with E-state index in [9.17, 15) is 0 Å². The predicted octanol–water partition coefficient (Wildman–Crippen LogP) is 2.50. The maximum absolute atomic E-state index is 5.68. The summed E-state index contributed by atoms with van der Waals surface area (Å²) in [4.78, 5) is 0. The van der Waals surface area contributed by atoms with Gasteiger partial charge in [-0.15, -0.1) is 0 Å². The monoisotopic (exact) mass is 252 g/mol. The largest absolute Gasteiger partial charge is 0.493 e. The lowest BCUT2D eigenvalue weighted by Crippen LogP contribution is -2.34. The van der Waals surface area contributed by atoms with Gasteiger partial charge in [0.05, 0.1) is 14.2 Å². The van der Waals surface area contributed by atoms with E-state index in [0.717, 1.165) is 17.1 Å². The average molecular weight is 252 g/mol. The molecule has 1 aromatic carbocycles. The van der Waals surface area contributed by atoms with Gasteiger partial charge in [0.2, 0.25) is 0 Å². The van der Waals surface area contributed by atoms with Crippen molar-refractivity contribution in [3.63, 3.8) is 0 Å². The molecule has 4 heteroatoms. The fourth-order valence-electron chi connectivity index (χ4n) is 1.98. The summed E-state index contributed by atoms with van der Waals surface area (Å²) in [5, 5.41) is 0. The fourth-order valence-corrected chi connectivity index (χ4v) is 1.98. The highest BCUT2D eigenvalue weighted by atomic mass is 16.5. The van der Waals surface area contributed by atoms with Crippen LogP contribution in [-0.4, -0.2) is 14.2 Å². The van der Waals surface area contributed by atoms with E-state index < -0.39 is 0 Å². The molecule has 0 saturated carbocycles. The van der Waals surface area contributed by atoms with E-state index in [1.165, 1.54) is 0 Å². The summed E-state index contributed by atoms with van der Waals surface area (Å²) in [7, 11) is 3.27. The molecule has 0 bridgehead atoms. The Morgan fingerprint density at radius 2 is 1.67 bits per heavy atom. The molecule has 2 unspecified atom stereocenters. The Bertz CT molecular complexity index is 380. The van der Waals surface area contributed by atoms with E-state index in [-0.39, 0.29) is 6.04 Å². The van der Waals surface area contributed by atoms with Crippen LogP contribution in [0.2, 0.25) is 0 Å². The summed E-state index contributed by atoms with van der Waals surface area (Å²) >= 11 is 0. The smallest absolute Gasteiger partial charge is 0.161 e. The third kappa shape index (κ3) is 3.15. The first-order valence-corrected chi connectivity index (χ1v) is 6.23. The van der Waals surface area contributed by atoms with Crippen molar-refractivity contribution in [1.29, 1.82) is 0 Å². The lowest BCUT2D eigenvalue weighted by Gasteiger charge is -2.27. The molecule has 1 aromatic rings. The van der Waals surface area contributed by atoms with Crippen molar-refractivity contribution in [1.82, 2.24) is 5.43 Å². The number of rotatable bonds is 6. The van der Waals surface area contributed by atoms with Crippen molar-refractivity contribution in [3.8, 4) is 11.5 Å². The van der Waals surface area contributed by atoms with E-state index in [1.807, 2.05) is 18.2 Å². The molecule has 0 heterocycles. The number of ether oxygens (including phenoxy) is 2. The van der Waals surface area contributed by atoms with Crippen LogP contribution in [0.25, 0.3) is 0 Å². The lowest BCUT2D eigenvalue weighted by atomic mass is 9.86. The molecular weight excluding hydrogens is 228 g/mol. The summed E-state index contributed by atoms with van der Waals surface area (Å²) in [5.74, 6) is 8.11. The third-order valence-electron chi connectivity index (χ3n) is 3.52. The second kappa shape index (κ2) is 6.61. The number of hydrogen-bond donors (Lipinski definition) is 2. The summed E-state index contributed by atoms with van der Waals surface area (Å²) in [6.07, 6.45) is 0. The van der Waals surface area contributed by atoms with Gasteiger partial charge in [-0.3, -0.25) is 11.3 Å². The predicted molar refractivity (Wildman–Crippen MR) is 73.6 cm³/mol. The molecule has 18 heavy (non-hydrogen) atoms. The van der Waals surface area contributed by atoms with Gasteiger partial charge in [0.1, 0.15) is 0 Å². The highest BCUT2D eigenvalue weighted by Crippen LogP contribution is 2.33. The molecule has 0 radical (unpaired) electrons. The molecule has 0 aliphatic rings. The van der Waals surface area contributed by atoms with Gasteiger partial charge in [0, 0.05) is 6.04 Å². The first-order chi connectivity index (χ1) is 8.54. The van der Waals surface area contributed by atoms with Gasteiger partial charge in [-0.2, -0.15) is 0 Å². The van der Waals surface area contributed by atoms with Crippen LogP contribution < -0.4 is 20.7 Å². The van der Waals surface area contributed by atoms with Crippen molar-refractivity contribution in [2.75, 3.05) is 14.2 Å². The zero-order valence-electron chi connectivity index (χ0n) is 11.9. The third-order valence-corrected chi connectivity index (χ3v) is 3.52. The van der Waals surface area contributed by atoms with Crippen LogP contribution in [0.3, 0.4) is 0 Å². The summed E-state index contributed by atoms with van der Waals surface area (Å²) in [6.45, 7) is 6.57. The van der Waals surface area contributed by atoms with Gasteiger partial charge < -0.3 is 9.47 Å².